The zero-order chi connectivity index (χ0) is 25.3. The number of carbonyl (C=O) groups is 4. The molecular weight excluding hydrogens is 464 g/mol. The molecule has 0 fully saturated rings. The number of pyridine rings is 1. The maximum atomic E-state index is 12.5. The number of nitrogens with zero attached hydrogens (tertiary/aromatic N) is 1. The summed E-state index contributed by atoms with van der Waals surface area (Å²) in [5.41, 5.74) is 0.674. The normalized spacial score (nSPS) is 10.9. The Morgan fingerprint density at radius 3 is 2.21 bits per heavy atom. The summed E-state index contributed by atoms with van der Waals surface area (Å²) in [7, 11) is -4.14. The fraction of sp³-hybridized carbons (Fsp3) is 0.318. The molecule has 2 rings (SSSR count). The van der Waals surface area contributed by atoms with Crippen molar-refractivity contribution in [3.8, 4) is 0 Å². The average molecular weight is 491 g/mol. The van der Waals surface area contributed by atoms with E-state index in [1.54, 1.807) is 26.0 Å². The highest BCUT2D eigenvalue weighted by Crippen LogP contribution is 2.12. The number of aromatic nitrogens is 1. The highest BCUT2D eigenvalue weighted by Gasteiger charge is 2.20. The first kappa shape index (κ1) is 26.5. The molecule has 0 saturated heterocycles. The number of esters is 1. The lowest BCUT2D eigenvalue weighted by Crippen LogP contribution is -2.32. The third kappa shape index (κ3) is 8.28. The van der Waals surface area contributed by atoms with E-state index in [1.807, 2.05) is 4.72 Å². The average Bonchev–Trinajstić information content (AvgIpc) is 2.77. The predicted octanol–water partition coefficient (Wildman–Crippen LogP) is 0.560. The fourth-order valence-electron chi connectivity index (χ4n) is 2.67. The molecule has 182 valence electrons. The summed E-state index contributed by atoms with van der Waals surface area (Å²) in [4.78, 5) is 50.6. The van der Waals surface area contributed by atoms with Crippen LogP contribution in [0.1, 0.15) is 47.2 Å². The van der Waals surface area contributed by atoms with Crippen LogP contribution in [-0.4, -0.2) is 56.3 Å². The number of ether oxygens (including phenoxy) is 1. The Balaban J connectivity index is 1.96. The van der Waals surface area contributed by atoms with Gasteiger partial charge in [0.25, 0.3) is 21.8 Å². The van der Waals surface area contributed by atoms with E-state index < -0.39 is 27.8 Å². The van der Waals surface area contributed by atoms with Crippen LogP contribution in [0.2, 0.25) is 0 Å². The molecule has 1 aromatic heterocycles. The van der Waals surface area contributed by atoms with Crippen molar-refractivity contribution in [2.75, 3.05) is 13.1 Å². The van der Waals surface area contributed by atoms with Crippen molar-refractivity contribution in [3.63, 3.8) is 0 Å². The van der Waals surface area contributed by atoms with Gasteiger partial charge in [-0.05, 0) is 50.1 Å². The van der Waals surface area contributed by atoms with Crippen molar-refractivity contribution in [3.05, 3.63) is 59.4 Å². The van der Waals surface area contributed by atoms with Gasteiger partial charge in [0.15, 0.2) is 0 Å². The first-order chi connectivity index (χ1) is 16.0. The van der Waals surface area contributed by atoms with Crippen LogP contribution < -0.4 is 15.4 Å². The summed E-state index contributed by atoms with van der Waals surface area (Å²) < 4.78 is 31.9. The van der Waals surface area contributed by atoms with Crippen molar-refractivity contribution < 1.29 is 32.3 Å². The van der Waals surface area contributed by atoms with Crippen LogP contribution in [-0.2, 0) is 30.8 Å². The Kier molecular flexibility index (Phi) is 9.25. The standard InChI is InChI=1S/C22H26N4O7S/c1-14(2)33-20(28)13-25-22(30)19-9-6-17(12-24-19)21(29)26-34(31,32)18-7-4-16(5-8-18)10-11-23-15(3)27/h4-9,12,14H,10-11,13H2,1-3H3,(H,23,27)(H,25,30)(H,26,29). The lowest BCUT2D eigenvalue weighted by atomic mass is 10.1. The minimum atomic E-state index is -4.14. The van der Waals surface area contributed by atoms with Crippen molar-refractivity contribution >= 4 is 33.7 Å². The molecule has 3 N–H and O–H groups in total. The summed E-state index contributed by atoms with van der Waals surface area (Å²) in [5, 5.41) is 4.99. The minimum Gasteiger partial charge on any atom is -0.462 e. The fourth-order valence-corrected chi connectivity index (χ4v) is 3.64. The van der Waals surface area contributed by atoms with Gasteiger partial charge in [0.05, 0.1) is 16.6 Å². The van der Waals surface area contributed by atoms with Gasteiger partial charge < -0.3 is 15.4 Å². The minimum absolute atomic E-state index is 0.0633. The molecule has 11 nitrogen and oxygen atoms in total. The third-order valence-electron chi connectivity index (χ3n) is 4.27. The first-order valence-electron chi connectivity index (χ1n) is 10.3. The van der Waals surface area contributed by atoms with E-state index in [0.717, 1.165) is 11.8 Å². The lowest BCUT2D eigenvalue weighted by molar-refractivity contribution is -0.146. The molecule has 12 heteroatoms. The third-order valence-corrected chi connectivity index (χ3v) is 5.61. The van der Waals surface area contributed by atoms with E-state index in [0.29, 0.717) is 13.0 Å². The molecule has 0 unspecified atom stereocenters. The molecule has 0 radical (unpaired) electrons. The van der Waals surface area contributed by atoms with Crippen molar-refractivity contribution in [2.45, 2.75) is 38.2 Å². The molecule has 0 saturated carbocycles. The van der Waals surface area contributed by atoms with Gasteiger partial charge in [-0.1, -0.05) is 12.1 Å². The second-order valence-corrected chi connectivity index (χ2v) is 9.15. The Morgan fingerprint density at radius 1 is 0.971 bits per heavy atom. The Bertz CT molecular complexity index is 1140. The van der Waals surface area contributed by atoms with Gasteiger partial charge in [-0.15, -0.1) is 0 Å². The largest absolute Gasteiger partial charge is 0.462 e. The van der Waals surface area contributed by atoms with E-state index in [-0.39, 0.29) is 34.7 Å². The smallest absolute Gasteiger partial charge is 0.325 e. The number of hydrogen-bond acceptors (Lipinski definition) is 8. The molecule has 1 aromatic carbocycles. The van der Waals surface area contributed by atoms with Crippen LogP contribution >= 0.6 is 0 Å². The highest BCUT2D eigenvalue weighted by molar-refractivity contribution is 7.90. The van der Waals surface area contributed by atoms with Crippen LogP contribution in [0.15, 0.2) is 47.5 Å². The van der Waals surface area contributed by atoms with Crippen molar-refractivity contribution in [1.82, 2.24) is 20.3 Å². The van der Waals surface area contributed by atoms with E-state index in [9.17, 15) is 27.6 Å². The Hall–Kier alpha value is -3.80. The van der Waals surface area contributed by atoms with Crippen molar-refractivity contribution in [1.29, 1.82) is 0 Å². The van der Waals surface area contributed by atoms with Gasteiger partial charge in [0, 0.05) is 19.7 Å². The number of nitrogens with one attached hydrogen (secondary N) is 3. The van der Waals surface area contributed by atoms with Crippen LogP contribution in [0, 0.1) is 0 Å². The number of carbonyl (C=O) groups excluding carboxylic acids is 4. The molecule has 0 atom stereocenters. The van der Waals surface area contributed by atoms with Gasteiger partial charge >= 0.3 is 5.97 Å². The van der Waals surface area contributed by atoms with Crippen LogP contribution in [0.4, 0.5) is 0 Å². The molecule has 1 heterocycles. The first-order valence-corrected chi connectivity index (χ1v) is 11.8. The zero-order valence-corrected chi connectivity index (χ0v) is 19.8. The summed E-state index contributed by atoms with van der Waals surface area (Å²) >= 11 is 0. The lowest BCUT2D eigenvalue weighted by Gasteiger charge is -2.09. The zero-order valence-electron chi connectivity index (χ0n) is 19.0. The molecule has 34 heavy (non-hydrogen) atoms. The van der Waals surface area contributed by atoms with Gasteiger partial charge in [-0.25, -0.2) is 13.1 Å². The molecular formula is C22H26N4O7S. The number of sulfonamides is 1. The van der Waals surface area contributed by atoms with Gasteiger partial charge in [-0.3, -0.25) is 24.2 Å². The van der Waals surface area contributed by atoms with E-state index in [2.05, 4.69) is 15.6 Å². The molecule has 3 amide bonds. The quantitative estimate of drug-likeness (QED) is 0.407. The molecule has 0 spiro atoms. The van der Waals surface area contributed by atoms with Gasteiger partial charge in [0.2, 0.25) is 5.91 Å². The molecule has 2 aromatic rings. The SMILES string of the molecule is CC(=O)NCCc1ccc(S(=O)(=O)NC(=O)c2ccc(C(=O)NCC(=O)OC(C)C)nc2)cc1. The highest BCUT2D eigenvalue weighted by atomic mass is 32.2. The number of amides is 3. The maximum Gasteiger partial charge on any atom is 0.325 e. The topological polar surface area (TPSA) is 161 Å². The second kappa shape index (κ2) is 11.9. The van der Waals surface area contributed by atoms with Gasteiger partial charge in [0.1, 0.15) is 12.2 Å². The predicted molar refractivity (Wildman–Crippen MR) is 121 cm³/mol. The summed E-state index contributed by atoms with van der Waals surface area (Å²) in [6.45, 7) is 4.84. The number of rotatable bonds is 10. The molecule has 0 aliphatic heterocycles. The van der Waals surface area contributed by atoms with Crippen LogP contribution in [0.3, 0.4) is 0 Å². The van der Waals surface area contributed by atoms with Crippen LogP contribution in [0.25, 0.3) is 0 Å². The second-order valence-electron chi connectivity index (χ2n) is 7.46. The number of benzene rings is 1. The monoisotopic (exact) mass is 490 g/mol. The van der Waals surface area contributed by atoms with E-state index >= 15 is 0 Å². The number of hydrogen-bond donors (Lipinski definition) is 3. The van der Waals surface area contributed by atoms with E-state index in [1.165, 1.54) is 31.2 Å². The van der Waals surface area contributed by atoms with Crippen molar-refractivity contribution in [2.24, 2.45) is 0 Å². The summed E-state index contributed by atoms with van der Waals surface area (Å²) in [6.07, 6.45) is 1.26. The van der Waals surface area contributed by atoms with Gasteiger partial charge in [-0.2, -0.15) is 0 Å². The van der Waals surface area contributed by atoms with E-state index in [4.69, 9.17) is 4.74 Å². The molecule has 0 bridgehead atoms. The van der Waals surface area contributed by atoms with Crippen LogP contribution in [0.5, 0.6) is 0 Å². The Morgan fingerprint density at radius 2 is 1.65 bits per heavy atom. The maximum absolute atomic E-state index is 12.5. The summed E-state index contributed by atoms with van der Waals surface area (Å²) in [5.74, 6) is -2.34. The molecule has 0 aliphatic rings. The summed E-state index contributed by atoms with van der Waals surface area (Å²) in [6, 6.07) is 8.36. The Labute approximate surface area is 197 Å². The molecule has 0 aliphatic carbocycles.